The first-order chi connectivity index (χ1) is 17.6. The summed E-state index contributed by atoms with van der Waals surface area (Å²) >= 11 is 0. The first kappa shape index (κ1) is 25.5. The number of nitrogens with zero attached hydrogens (tertiary/aromatic N) is 3. The van der Waals surface area contributed by atoms with Crippen LogP contribution < -0.4 is 19.5 Å². The van der Waals surface area contributed by atoms with Crippen molar-refractivity contribution in [1.29, 1.82) is 0 Å². The summed E-state index contributed by atoms with van der Waals surface area (Å²) in [5.74, 6) is 2.76. The summed E-state index contributed by atoms with van der Waals surface area (Å²) in [6.45, 7) is 5.51. The zero-order valence-corrected chi connectivity index (χ0v) is 21.2. The molecule has 1 aliphatic heterocycles. The number of benzene rings is 2. The molecule has 9 nitrogen and oxygen atoms in total. The average molecular weight is 495 g/mol. The van der Waals surface area contributed by atoms with Gasteiger partial charge in [0.15, 0.2) is 5.69 Å². The van der Waals surface area contributed by atoms with Gasteiger partial charge in [-0.15, -0.1) is 0 Å². The predicted octanol–water partition coefficient (Wildman–Crippen LogP) is 2.99. The maximum absolute atomic E-state index is 12.5. The van der Waals surface area contributed by atoms with E-state index in [-0.39, 0.29) is 5.91 Å². The molecule has 0 radical (unpaired) electrons. The number of amides is 1. The largest absolute Gasteiger partial charge is 0.497 e. The van der Waals surface area contributed by atoms with Crippen molar-refractivity contribution in [1.82, 2.24) is 20.1 Å². The van der Waals surface area contributed by atoms with Crippen molar-refractivity contribution in [2.75, 3.05) is 54.1 Å². The van der Waals surface area contributed by atoms with Crippen molar-refractivity contribution in [2.24, 2.45) is 0 Å². The quantitative estimate of drug-likeness (QED) is 0.435. The highest BCUT2D eigenvalue weighted by Crippen LogP contribution is 2.26. The van der Waals surface area contributed by atoms with E-state index in [9.17, 15) is 4.79 Å². The van der Waals surface area contributed by atoms with Gasteiger partial charge in [0.2, 0.25) is 5.89 Å². The summed E-state index contributed by atoms with van der Waals surface area (Å²) in [6, 6.07) is 13.7. The molecule has 1 aromatic heterocycles. The third-order valence-electron chi connectivity index (χ3n) is 6.37. The number of methoxy groups -OCH3 is 3. The van der Waals surface area contributed by atoms with Crippen LogP contribution in [0, 0.1) is 0 Å². The van der Waals surface area contributed by atoms with Crippen LogP contribution in [0.2, 0.25) is 0 Å². The Morgan fingerprint density at radius 2 is 1.64 bits per heavy atom. The molecule has 1 amide bonds. The van der Waals surface area contributed by atoms with Crippen LogP contribution in [0.1, 0.15) is 27.5 Å². The molecular weight excluding hydrogens is 460 g/mol. The fourth-order valence-electron chi connectivity index (χ4n) is 4.32. The van der Waals surface area contributed by atoms with Crippen LogP contribution in [-0.4, -0.2) is 74.7 Å². The molecular formula is C27H34N4O5. The molecule has 1 aliphatic rings. The molecule has 0 spiro atoms. The summed E-state index contributed by atoms with van der Waals surface area (Å²) < 4.78 is 21.8. The molecule has 0 unspecified atom stereocenters. The number of nitrogens with one attached hydrogen (secondary N) is 1. The van der Waals surface area contributed by atoms with Gasteiger partial charge in [0.1, 0.15) is 23.5 Å². The second kappa shape index (κ2) is 12.4. The van der Waals surface area contributed by atoms with E-state index in [1.807, 2.05) is 36.4 Å². The number of aromatic nitrogens is 1. The second-order valence-electron chi connectivity index (χ2n) is 8.67. The Kier molecular flexibility index (Phi) is 8.80. The Hall–Kier alpha value is -3.56. The Bertz CT molecular complexity index is 1140. The van der Waals surface area contributed by atoms with Gasteiger partial charge in [-0.1, -0.05) is 24.3 Å². The van der Waals surface area contributed by atoms with E-state index in [0.717, 1.165) is 61.1 Å². The minimum absolute atomic E-state index is 0.238. The number of carbonyl (C=O) groups is 1. The van der Waals surface area contributed by atoms with Gasteiger partial charge in [0, 0.05) is 50.9 Å². The monoisotopic (exact) mass is 494 g/mol. The lowest BCUT2D eigenvalue weighted by molar-refractivity contribution is 0.0948. The highest BCUT2D eigenvalue weighted by Gasteiger charge is 2.21. The molecule has 3 aromatic rings. The first-order valence-corrected chi connectivity index (χ1v) is 12.1. The number of para-hydroxylation sites is 1. The predicted molar refractivity (Wildman–Crippen MR) is 136 cm³/mol. The number of oxazole rings is 1. The summed E-state index contributed by atoms with van der Waals surface area (Å²) in [5.41, 5.74) is 2.49. The van der Waals surface area contributed by atoms with Crippen molar-refractivity contribution in [3.05, 3.63) is 71.4 Å². The zero-order valence-electron chi connectivity index (χ0n) is 21.2. The molecule has 1 fully saturated rings. The maximum Gasteiger partial charge on any atom is 0.273 e. The SMILES string of the molecule is COc1ccc(CN2CCN(Cc3nc(C(=O)NCCc4ccccc4OC)co3)CC2)c(OC)c1. The van der Waals surface area contributed by atoms with E-state index >= 15 is 0 Å². The van der Waals surface area contributed by atoms with Gasteiger partial charge in [-0.05, 0) is 24.1 Å². The molecule has 1 N–H and O–H groups in total. The first-order valence-electron chi connectivity index (χ1n) is 12.1. The van der Waals surface area contributed by atoms with Gasteiger partial charge in [-0.2, -0.15) is 0 Å². The van der Waals surface area contributed by atoms with Crippen LogP contribution in [0.15, 0.2) is 53.1 Å². The normalized spacial score (nSPS) is 14.4. The molecule has 0 bridgehead atoms. The third-order valence-corrected chi connectivity index (χ3v) is 6.37. The summed E-state index contributed by atoms with van der Waals surface area (Å²) in [4.78, 5) is 21.6. The number of piperazine rings is 1. The topological polar surface area (TPSA) is 89.3 Å². The molecule has 2 heterocycles. The molecule has 36 heavy (non-hydrogen) atoms. The van der Waals surface area contributed by atoms with E-state index in [2.05, 4.69) is 26.2 Å². The molecule has 1 saturated heterocycles. The fourth-order valence-corrected chi connectivity index (χ4v) is 4.32. The number of ether oxygens (including phenoxy) is 3. The maximum atomic E-state index is 12.5. The van der Waals surface area contributed by atoms with E-state index in [1.165, 1.54) is 6.26 Å². The minimum atomic E-state index is -0.238. The standard InChI is InChI=1S/C27H34N4O5/c1-33-22-9-8-21(25(16-22)35-3)17-30-12-14-31(15-13-30)18-26-29-23(19-36-26)27(32)28-11-10-20-6-4-5-7-24(20)34-2/h4-9,16,19H,10-15,17-18H2,1-3H3,(H,28,32). The molecule has 2 aromatic carbocycles. The van der Waals surface area contributed by atoms with Crippen LogP contribution in [0.5, 0.6) is 17.2 Å². The highest BCUT2D eigenvalue weighted by atomic mass is 16.5. The molecule has 0 aliphatic carbocycles. The van der Waals surface area contributed by atoms with Gasteiger partial charge in [-0.25, -0.2) is 4.98 Å². The molecule has 192 valence electrons. The van der Waals surface area contributed by atoms with Crippen LogP contribution in [0.3, 0.4) is 0 Å². The van der Waals surface area contributed by atoms with Crippen molar-refractivity contribution in [2.45, 2.75) is 19.5 Å². The van der Waals surface area contributed by atoms with Crippen LogP contribution >= 0.6 is 0 Å². The fraction of sp³-hybridized carbons (Fsp3) is 0.407. The number of rotatable bonds is 11. The summed E-state index contributed by atoms with van der Waals surface area (Å²) in [6.07, 6.45) is 2.10. The van der Waals surface area contributed by atoms with Crippen molar-refractivity contribution in [3.8, 4) is 17.2 Å². The summed E-state index contributed by atoms with van der Waals surface area (Å²) in [5, 5.41) is 2.91. The van der Waals surface area contributed by atoms with E-state index in [0.29, 0.717) is 31.1 Å². The van der Waals surface area contributed by atoms with Crippen molar-refractivity contribution in [3.63, 3.8) is 0 Å². The molecule has 0 saturated carbocycles. The van der Waals surface area contributed by atoms with Crippen LogP contribution in [0.4, 0.5) is 0 Å². The molecule has 4 rings (SSSR count). The van der Waals surface area contributed by atoms with Gasteiger partial charge in [0.05, 0.1) is 27.9 Å². The lowest BCUT2D eigenvalue weighted by Crippen LogP contribution is -2.45. The van der Waals surface area contributed by atoms with Gasteiger partial charge in [-0.3, -0.25) is 14.6 Å². The van der Waals surface area contributed by atoms with E-state index in [4.69, 9.17) is 18.6 Å². The minimum Gasteiger partial charge on any atom is -0.497 e. The highest BCUT2D eigenvalue weighted by molar-refractivity contribution is 5.91. The zero-order chi connectivity index (χ0) is 25.3. The molecule has 0 atom stereocenters. The van der Waals surface area contributed by atoms with Gasteiger partial charge >= 0.3 is 0 Å². The molecule has 9 heteroatoms. The lowest BCUT2D eigenvalue weighted by atomic mass is 10.1. The number of hydrogen-bond acceptors (Lipinski definition) is 8. The average Bonchev–Trinajstić information content (AvgIpc) is 3.39. The smallest absolute Gasteiger partial charge is 0.273 e. The van der Waals surface area contributed by atoms with E-state index in [1.54, 1.807) is 21.3 Å². The van der Waals surface area contributed by atoms with Crippen LogP contribution in [0.25, 0.3) is 0 Å². The summed E-state index contributed by atoms with van der Waals surface area (Å²) in [7, 11) is 4.98. The Morgan fingerprint density at radius 1 is 0.917 bits per heavy atom. The Morgan fingerprint density at radius 3 is 2.36 bits per heavy atom. The van der Waals surface area contributed by atoms with Crippen molar-refractivity contribution < 1.29 is 23.4 Å². The second-order valence-corrected chi connectivity index (χ2v) is 8.67. The van der Waals surface area contributed by atoms with E-state index < -0.39 is 0 Å². The van der Waals surface area contributed by atoms with Gasteiger partial charge < -0.3 is 23.9 Å². The lowest BCUT2D eigenvalue weighted by Gasteiger charge is -2.34. The van der Waals surface area contributed by atoms with Gasteiger partial charge in [0.25, 0.3) is 5.91 Å². The third kappa shape index (κ3) is 6.56. The Balaban J connectivity index is 1.22. The van der Waals surface area contributed by atoms with Crippen LogP contribution in [-0.2, 0) is 19.5 Å². The Labute approximate surface area is 212 Å². The number of hydrogen-bond donors (Lipinski definition) is 1. The number of carbonyl (C=O) groups excluding carboxylic acids is 1. The van der Waals surface area contributed by atoms with Crippen molar-refractivity contribution >= 4 is 5.91 Å².